The van der Waals surface area contributed by atoms with Crippen LogP contribution in [0.15, 0.2) is 59.7 Å². The molecule has 2 aliphatic heterocycles. The van der Waals surface area contributed by atoms with Gasteiger partial charge in [-0.1, -0.05) is 0 Å². The smallest absolute Gasteiger partial charge is 0.341 e. The lowest BCUT2D eigenvalue weighted by Gasteiger charge is -2.14. The second-order valence-corrected chi connectivity index (χ2v) is 7.50. The molecular formula is C25H21N3O8. The first-order valence-electron chi connectivity index (χ1n) is 10.5. The molecule has 2 aromatic carbocycles. The van der Waals surface area contributed by atoms with Gasteiger partial charge in [-0.25, -0.2) is 14.4 Å². The summed E-state index contributed by atoms with van der Waals surface area (Å²) in [4.78, 5) is 50.4. The zero-order chi connectivity index (χ0) is 26.0. The Labute approximate surface area is 204 Å². The largest absolute Gasteiger partial charge is 0.497 e. The molecule has 2 aromatic rings. The lowest BCUT2D eigenvalue weighted by atomic mass is 10.1. The van der Waals surface area contributed by atoms with Crippen molar-refractivity contribution in [1.29, 1.82) is 0 Å². The molecule has 0 aromatic heterocycles. The molecule has 0 unspecified atom stereocenters. The monoisotopic (exact) mass is 491 g/mol. The van der Waals surface area contributed by atoms with Crippen LogP contribution in [0.1, 0.15) is 31.1 Å². The number of benzene rings is 2. The van der Waals surface area contributed by atoms with Crippen molar-refractivity contribution in [2.24, 2.45) is 0 Å². The predicted octanol–water partition coefficient (Wildman–Crippen LogP) is 2.50. The van der Waals surface area contributed by atoms with E-state index in [1.54, 1.807) is 24.3 Å². The van der Waals surface area contributed by atoms with Crippen LogP contribution in [-0.2, 0) is 14.2 Å². The highest BCUT2D eigenvalue weighted by Gasteiger charge is 2.26. The van der Waals surface area contributed by atoms with Crippen LogP contribution in [0.4, 0.5) is 0 Å². The van der Waals surface area contributed by atoms with Crippen molar-refractivity contribution in [2.75, 3.05) is 28.4 Å². The van der Waals surface area contributed by atoms with E-state index in [9.17, 15) is 19.2 Å². The van der Waals surface area contributed by atoms with Gasteiger partial charge in [0.25, 0.3) is 5.56 Å². The summed E-state index contributed by atoms with van der Waals surface area (Å²) in [6.45, 7) is 0. The molecule has 4 rings (SSSR count). The molecular weight excluding hydrogens is 470 g/mol. The van der Waals surface area contributed by atoms with Crippen LogP contribution in [-0.4, -0.2) is 60.7 Å². The maximum absolute atomic E-state index is 13.3. The molecule has 0 N–H and O–H groups in total. The number of methoxy groups -OCH3 is 4. The van der Waals surface area contributed by atoms with Crippen LogP contribution in [0.2, 0.25) is 0 Å². The maximum atomic E-state index is 13.3. The van der Waals surface area contributed by atoms with E-state index < -0.39 is 23.5 Å². The van der Waals surface area contributed by atoms with Gasteiger partial charge in [0.2, 0.25) is 0 Å². The molecule has 0 aliphatic carbocycles. The first-order valence-corrected chi connectivity index (χ1v) is 10.5. The molecule has 36 heavy (non-hydrogen) atoms. The number of hydrogen-bond donors (Lipinski definition) is 0. The number of aromatic nitrogens is 3. The normalized spacial score (nSPS) is 10.7. The average molecular weight is 491 g/mol. The lowest BCUT2D eigenvalue weighted by Crippen LogP contribution is -2.15. The summed E-state index contributed by atoms with van der Waals surface area (Å²) in [6, 6.07) is 10.9. The average Bonchev–Trinajstić information content (AvgIpc) is 3.26. The predicted molar refractivity (Wildman–Crippen MR) is 126 cm³/mol. The van der Waals surface area contributed by atoms with Gasteiger partial charge in [-0.3, -0.25) is 4.79 Å². The van der Waals surface area contributed by atoms with Gasteiger partial charge in [0, 0.05) is 18.1 Å². The van der Waals surface area contributed by atoms with Crippen molar-refractivity contribution in [3.8, 4) is 28.4 Å². The van der Waals surface area contributed by atoms with Gasteiger partial charge in [0.15, 0.2) is 0 Å². The maximum Gasteiger partial charge on any atom is 0.341 e. The number of ether oxygens (including phenoxy) is 4. The minimum Gasteiger partial charge on any atom is -0.497 e. The zero-order valence-electron chi connectivity index (χ0n) is 19.8. The molecule has 184 valence electrons. The van der Waals surface area contributed by atoms with Gasteiger partial charge in [-0.15, -0.1) is 0 Å². The summed E-state index contributed by atoms with van der Waals surface area (Å²) in [7, 11) is 5.15. The van der Waals surface area contributed by atoms with Crippen LogP contribution in [0, 0.1) is 0 Å². The number of hydrogen-bond acceptors (Lipinski definition) is 9. The van der Waals surface area contributed by atoms with Crippen molar-refractivity contribution in [2.45, 2.75) is 0 Å². The fourth-order valence-corrected chi connectivity index (χ4v) is 3.65. The van der Waals surface area contributed by atoms with Crippen LogP contribution < -0.4 is 10.3 Å². The van der Waals surface area contributed by atoms with Crippen LogP contribution in [0.25, 0.3) is 22.6 Å². The Balaban J connectivity index is 1.97. The Morgan fingerprint density at radius 2 is 1.33 bits per heavy atom. The van der Waals surface area contributed by atoms with E-state index in [-0.39, 0.29) is 27.9 Å². The van der Waals surface area contributed by atoms with Gasteiger partial charge in [0.05, 0.1) is 50.8 Å². The Bertz CT molecular complexity index is 1470. The third-order valence-corrected chi connectivity index (χ3v) is 5.45. The molecule has 2 heterocycles. The standard InChI is InChI=1S/C25H21N3O8/c1-33-18-7-5-16(6-8-18)28-22(29)19-12-27(13-20(21(19)26-28)25(32)36-4)17-10-14(23(30)34-2)9-15(11-17)24(31)35-3/h5-13H,1-4H3. The van der Waals surface area contributed by atoms with Crippen molar-refractivity contribution in [3.05, 3.63) is 81.9 Å². The van der Waals surface area contributed by atoms with E-state index >= 15 is 0 Å². The van der Waals surface area contributed by atoms with Gasteiger partial charge in [0.1, 0.15) is 17.0 Å². The molecule has 0 bridgehead atoms. The van der Waals surface area contributed by atoms with E-state index in [0.717, 1.165) is 4.68 Å². The van der Waals surface area contributed by atoms with Crippen molar-refractivity contribution in [3.63, 3.8) is 0 Å². The summed E-state index contributed by atoms with van der Waals surface area (Å²) >= 11 is 0. The summed E-state index contributed by atoms with van der Waals surface area (Å²) < 4.78 is 22.2. The molecule has 0 amide bonds. The second kappa shape index (κ2) is 9.74. The molecule has 0 atom stereocenters. The van der Waals surface area contributed by atoms with Gasteiger partial charge in [-0.05, 0) is 42.5 Å². The number of carbonyl (C=O) groups is 3. The van der Waals surface area contributed by atoms with E-state index in [2.05, 4.69) is 5.10 Å². The van der Waals surface area contributed by atoms with Crippen molar-refractivity contribution < 1.29 is 33.3 Å². The third kappa shape index (κ3) is 4.29. The van der Waals surface area contributed by atoms with Gasteiger partial charge >= 0.3 is 17.9 Å². The molecule has 0 spiro atoms. The molecule has 2 aliphatic rings. The highest BCUT2D eigenvalue weighted by molar-refractivity contribution is 5.97. The number of rotatable bonds is 6. The summed E-state index contributed by atoms with van der Waals surface area (Å²) in [6.07, 6.45) is 2.85. The second-order valence-electron chi connectivity index (χ2n) is 7.50. The van der Waals surface area contributed by atoms with E-state index in [0.29, 0.717) is 17.1 Å². The van der Waals surface area contributed by atoms with Crippen LogP contribution in [0.3, 0.4) is 0 Å². The fourth-order valence-electron chi connectivity index (χ4n) is 3.65. The minimum atomic E-state index is -0.731. The highest BCUT2D eigenvalue weighted by Crippen LogP contribution is 2.26. The molecule has 0 radical (unpaired) electrons. The molecule has 0 saturated heterocycles. The third-order valence-electron chi connectivity index (χ3n) is 5.45. The summed E-state index contributed by atoms with van der Waals surface area (Å²) in [5.41, 5.74) is 0.627. The lowest BCUT2D eigenvalue weighted by molar-refractivity contribution is 0.0586. The fraction of sp³-hybridized carbons (Fsp3) is 0.160. The number of esters is 3. The Kier molecular flexibility index (Phi) is 6.55. The van der Waals surface area contributed by atoms with E-state index in [1.165, 1.54) is 63.6 Å². The highest BCUT2D eigenvalue weighted by atomic mass is 16.5. The van der Waals surface area contributed by atoms with Crippen LogP contribution in [0.5, 0.6) is 5.75 Å². The summed E-state index contributed by atoms with van der Waals surface area (Å²) in [5.74, 6) is -1.50. The summed E-state index contributed by atoms with van der Waals surface area (Å²) in [5, 5.41) is 4.36. The van der Waals surface area contributed by atoms with E-state index in [4.69, 9.17) is 18.9 Å². The van der Waals surface area contributed by atoms with Gasteiger partial charge in [-0.2, -0.15) is 9.78 Å². The Morgan fingerprint density at radius 3 is 1.86 bits per heavy atom. The topological polar surface area (TPSA) is 128 Å². The van der Waals surface area contributed by atoms with Crippen molar-refractivity contribution >= 4 is 17.9 Å². The van der Waals surface area contributed by atoms with Gasteiger partial charge < -0.3 is 23.5 Å². The first-order chi connectivity index (χ1) is 17.3. The number of pyridine rings is 1. The number of nitrogens with zero attached hydrogens (tertiary/aromatic N) is 3. The molecule has 0 saturated carbocycles. The first kappa shape index (κ1) is 24.2. The Morgan fingerprint density at radius 1 is 0.750 bits per heavy atom. The number of fused-ring (bicyclic) bond motifs is 1. The zero-order valence-corrected chi connectivity index (χ0v) is 19.8. The van der Waals surface area contributed by atoms with Crippen molar-refractivity contribution in [1.82, 2.24) is 14.3 Å². The van der Waals surface area contributed by atoms with E-state index in [1.807, 2.05) is 0 Å². The minimum absolute atomic E-state index is 0.00227. The molecule has 11 nitrogen and oxygen atoms in total. The molecule has 0 fully saturated rings. The molecule has 11 heteroatoms. The SMILES string of the molecule is COC(=O)c1cc(C(=O)OC)cc(-n2cc(C(=O)OC)c3nn(-c4ccc(OC)cc4)c(=O)c-3c2)c1. The quantitative estimate of drug-likeness (QED) is 0.295. The van der Waals surface area contributed by atoms with Crippen LogP contribution >= 0.6 is 0 Å². The number of carbonyl (C=O) groups excluding carboxylic acids is 3. The Hall–Kier alpha value is -4.93.